The van der Waals surface area contributed by atoms with Crippen molar-refractivity contribution in [2.75, 3.05) is 26.2 Å². The molecule has 1 saturated heterocycles. The number of nitrogens with two attached hydrogens (primary N) is 1. The number of amides is 1. The molecule has 1 aromatic rings. The van der Waals surface area contributed by atoms with Gasteiger partial charge >= 0.3 is 0 Å². The fraction of sp³-hybridized carbons (Fsp3) is 0.533. The summed E-state index contributed by atoms with van der Waals surface area (Å²) in [5, 5.41) is 0. The van der Waals surface area contributed by atoms with Gasteiger partial charge in [-0.1, -0.05) is 12.1 Å². The number of rotatable bonds is 3. The topological polar surface area (TPSA) is 55.6 Å². The van der Waals surface area contributed by atoms with Crippen LogP contribution in [0.15, 0.2) is 24.3 Å². The zero-order valence-electron chi connectivity index (χ0n) is 11.5. The molecule has 104 valence electrons. The van der Waals surface area contributed by atoms with E-state index < -0.39 is 0 Å². The summed E-state index contributed by atoms with van der Waals surface area (Å²) in [6.45, 7) is 4.82. The van der Waals surface area contributed by atoms with Crippen molar-refractivity contribution in [3.63, 3.8) is 0 Å². The molecule has 1 amide bonds. The van der Waals surface area contributed by atoms with Gasteiger partial charge in [-0.25, -0.2) is 0 Å². The Bertz CT molecular complexity index is 417. The Morgan fingerprint density at radius 3 is 2.84 bits per heavy atom. The summed E-state index contributed by atoms with van der Waals surface area (Å²) in [5.74, 6) is 0.0941. The van der Waals surface area contributed by atoms with Crippen molar-refractivity contribution in [3.05, 3.63) is 35.4 Å². The van der Waals surface area contributed by atoms with Crippen molar-refractivity contribution >= 4 is 5.91 Å². The van der Waals surface area contributed by atoms with E-state index in [1.165, 1.54) is 5.56 Å². The summed E-state index contributed by atoms with van der Waals surface area (Å²) < 4.78 is 5.56. The molecular weight excluding hydrogens is 240 g/mol. The monoisotopic (exact) mass is 262 g/mol. The van der Waals surface area contributed by atoms with Gasteiger partial charge in [-0.05, 0) is 44.0 Å². The number of nitrogens with zero attached hydrogens (tertiary/aromatic N) is 1. The lowest BCUT2D eigenvalue weighted by Crippen LogP contribution is -2.35. The zero-order chi connectivity index (χ0) is 13.7. The predicted molar refractivity (Wildman–Crippen MR) is 75.1 cm³/mol. The molecule has 0 aliphatic carbocycles. The van der Waals surface area contributed by atoms with Crippen LogP contribution in [0.2, 0.25) is 0 Å². The Labute approximate surface area is 114 Å². The van der Waals surface area contributed by atoms with E-state index in [2.05, 4.69) is 0 Å². The summed E-state index contributed by atoms with van der Waals surface area (Å²) in [6.07, 6.45) is 1.87. The second-order valence-corrected chi connectivity index (χ2v) is 5.02. The molecule has 0 radical (unpaired) electrons. The van der Waals surface area contributed by atoms with Gasteiger partial charge in [-0.3, -0.25) is 4.79 Å². The first kappa shape index (κ1) is 14.0. The lowest BCUT2D eigenvalue weighted by atomic mass is 10.1. The average Bonchev–Trinajstić information content (AvgIpc) is 2.64. The summed E-state index contributed by atoms with van der Waals surface area (Å²) in [6, 6.07) is 7.75. The molecule has 1 aromatic carbocycles. The molecule has 1 atom stereocenters. The molecule has 4 heteroatoms. The second kappa shape index (κ2) is 6.68. The normalized spacial score (nSPS) is 20.1. The Morgan fingerprint density at radius 1 is 1.42 bits per heavy atom. The number of carbonyl (C=O) groups is 1. The second-order valence-electron chi connectivity index (χ2n) is 5.02. The van der Waals surface area contributed by atoms with E-state index in [0.29, 0.717) is 13.1 Å². The summed E-state index contributed by atoms with van der Waals surface area (Å²) in [7, 11) is 0. The Morgan fingerprint density at radius 2 is 2.16 bits per heavy atom. The van der Waals surface area contributed by atoms with Crippen molar-refractivity contribution in [1.82, 2.24) is 4.90 Å². The van der Waals surface area contributed by atoms with Crippen LogP contribution in [-0.4, -0.2) is 43.2 Å². The van der Waals surface area contributed by atoms with E-state index in [0.717, 1.165) is 31.6 Å². The molecule has 1 unspecified atom stereocenters. The van der Waals surface area contributed by atoms with Gasteiger partial charge in [-0.2, -0.15) is 0 Å². The predicted octanol–water partition coefficient (Wildman–Crippen LogP) is 1.44. The van der Waals surface area contributed by atoms with Crippen molar-refractivity contribution in [2.45, 2.75) is 25.9 Å². The van der Waals surface area contributed by atoms with Crippen LogP contribution in [-0.2, 0) is 11.2 Å². The van der Waals surface area contributed by atoms with Gasteiger partial charge in [0.1, 0.15) is 0 Å². The Hall–Kier alpha value is -1.39. The van der Waals surface area contributed by atoms with Gasteiger partial charge in [-0.15, -0.1) is 0 Å². The van der Waals surface area contributed by atoms with E-state index in [4.69, 9.17) is 10.5 Å². The van der Waals surface area contributed by atoms with E-state index in [-0.39, 0.29) is 12.0 Å². The highest BCUT2D eigenvalue weighted by molar-refractivity contribution is 5.94. The fourth-order valence-corrected chi connectivity index (χ4v) is 2.34. The average molecular weight is 262 g/mol. The first-order chi connectivity index (χ1) is 9.20. The van der Waals surface area contributed by atoms with Crippen LogP contribution < -0.4 is 5.73 Å². The molecule has 2 N–H and O–H groups in total. The van der Waals surface area contributed by atoms with Crippen LogP contribution >= 0.6 is 0 Å². The molecule has 1 fully saturated rings. The van der Waals surface area contributed by atoms with Crippen LogP contribution in [0.1, 0.15) is 29.3 Å². The first-order valence-electron chi connectivity index (χ1n) is 6.90. The molecule has 0 bridgehead atoms. The molecule has 0 saturated carbocycles. The Balaban J connectivity index is 2.05. The van der Waals surface area contributed by atoms with Gasteiger partial charge in [0.15, 0.2) is 0 Å². The number of carbonyl (C=O) groups excluding carboxylic acids is 1. The van der Waals surface area contributed by atoms with Crippen LogP contribution in [0.25, 0.3) is 0 Å². The minimum atomic E-state index is 0.0941. The van der Waals surface area contributed by atoms with Crippen LogP contribution in [0.4, 0.5) is 0 Å². The molecule has 0 spiro atoms. The number of hydrogen-bond donors (Lipinski definition) is 1. The van der Waals surface area contributed by atoms with E-state index in [9.17, 15) is 4.79 Å². The minimum Gasteiger partial charge on any atom is -0.377 e. The highest BCUT2D eigenvalue weighted by atomic mass is 16.5. The van der Waals surface area contributed by atoms with Crippen LogP contribution in [0.5, 0.6) is 0 Å². The highest BCUT2D eigenvalue weighted by Gasteiger charge is 2.20. The molecule has 4 nitrogen and oxygen atoms in total. The Kier molecular flexibility index (Phi) is 4.93. The number of ether oxygens (including phenoxy) is 1. The van der Waals surface area contributed by atoms with Gasteiger partial charge in [0.2, 0.25) is 0 Å². The zero-order valence-corrected chi connectivity index (χ0v) is 11.5. The van der Waals surface area contributed by atoms with Crippen LogP contribution in [0, 0.1) is 0 Å². The molecule has 1 aliphatic rings. The van der Waals surface area contributed by atoms with Crippen molar-refractivity contribution in [2.24, 2.45) is 5.73 Å². The lowest BCUT2D eigenvalue weighted by Gasteiger charge is -2.22. The first-order valence-corrected chi connectivity index (χ1v) is 6.90. The van der Waals surface area contributed by atoms with E-state index >= 15 is 0 Å². The summed E-state index contributed by atoms with van der Waals surface area (Å²) in [5.41, 5.74) is 7.44. The minimum absolute atomic E-state index is 0.0941. The van der Waals surface area contributed by atoms with Gasteiger partial charge in [0, 0.05) is 25.3 Å². The SMILES string of the molecule is CC1CN(C(=O)c2ccc(CCN)cc2)CCCO1. The van der Waals surface area contributed by atoms with E-state index in [1.807, 2.05) is 36.1 Å². The van der Waals surface area contributed by atoms with Crippen LogP contribution in [0.3, 0.4) is 0 Å². The standard InChI is InChI=1S/C15H22N2O2/c1-12-11-17(9-2-10-19-12)15(18)14-5-3-13(4-6-14)7-8-16/h3-6,12H,2,7-11,16H2,1H3. The number of benzene rings is 1. The third-order valence-corrected chi connectivity index (χ3v) is 3.37. The highest BCUT2D eigenvalue weighted by Crippen LogP contribution is 2.12. The third kappa shape index (κ3) is 3.78. The fourth-order valence-electron chi connectivity index (χ4n) is 2.34. The lowest BCUT2D eigenvalue weighted by molar-refractivity contribution is 0.0562. The van der Waals surface area contributed by atoms with Gasteiger partial charge < -0.3 is 15.4 Å². The molecule has 2 rings (SSSR count). The van der Waals surface area contributed by atoms with Gasteiger partial charge in [0.25, 0.3) is 5.91 Å². The quantitative estimate of drug-likeness (QED) is 0.896. The summed E-state index contributed by atoms with van der Waals surface area (Å²) in [4.78, 5) is 14.3. The van der Waals surface area contributed by atoms with E-state index in [1.54, 1.807) is 0 Å². The molecule has 1 heterocycles. The maximum Gasteiger partial charge on any atom is 0.253 e. The van der Waals surface area contributed by atoms with Crippen molar-refractivity contribution in [1.29, 1.82) is 0 Å². The number of hydrogen-bond acceptors (Lipinski definition) is 3. The van der Waals surface area contributed by atoms with Gasteiger partial charge in [0.05, 0.1) is 6.10 Å². The molecule has 19 heavy (non-hydrogen) atoms. The van der Waals surface area contributed by atoms with Crippen molar-refractivity contribution in [3.8, 4) is 0 Å². The maximum absolute atomic E-state index is 12.4. The molecule has 0 aromatic heterocycles. The van der Waals surface area contributed by atoms with Crippen molar-refractivity contribution < 1.29 is 9.53 Å². The molecular formula is C15H22N2O2. The molecule has 1 aliphatic heterocycles. The maximum atomic E-state index is 12.4. The third-order valence-electron chi connectivity index (χ3n) is 3.37. The summed E-state index contributed by atoms with van der Waals surface area (Å²) >= 11 is 0. The smallest absolute Gasteiger partial charge is 0.253 e. The largest absolute Gasteiger partial charge is 0.377 e.